The van der Waals surface area contributed by atoms with Crippen LogP contribution in [-0.4, -0.2) is 85.5 Å². The zero-order valence-corrected chi connectivity index (χ0v) is 54.8. The molecule has 12 nitrogen and oxygen atoms in total. The molecule has 0 spiro atoms. The van der Waals surface area contributed by atoms with Crippen LogP contribution in [0.2, 0.25) is 0 Å². The van der Waals surface area contributed by atoms with Gasteiger partial charge in [-0.2, -0.15) is 0 Å². The Labute approximate surface area is 500 Å². The van der Waals surface area contributed by atoms with E-state index >= 15 is 0 Å². The van der Waals surface area contributed by atoms with Crippen LogP contribution < -0.4 is 11.5 Å². The maximum atomic E-state index is 15.0. The number of ketones is 2. The molecule has 10 aliphatic rings. The Balaban J connectivity index is 0.728. The molecule has 0 saturated heterocycles. The topological polar surface area (TPSA) is 191 Å². The number of nitrogens with two attached hydrogens (primary N) is 2. The molecule has 10 rings (SSSR count). The summed E-state index contributed by atoms with van der Waals surface area (Å²) >= 11 is 0. The maximum Gasteiger partial charge on any atom is 0.324 e. The lowest BCUT2D eigenvalue weighted by Crippen LogP contribution is -2.67. The highest BCUT2D eigenvalue weighted by Gasteiger charge is 2.73. The highest BCUT2D eigenvalue weighted by molar-refractivity contribution is 8.76. The van der Waals surface area contributed by atoms with Crippen molar-refractivity contribution in [2.75, 3.05) is 25.7 Å². The summed E-state index contributed by atoms with van der Waals surface area (Å²) in [5.41, 5.74) is 12.4. The van der Waals surface area contributed by atoms with E-state index < -0.39 is 45.7 Å². The maximum absolute atomic E-state index is 15.0. The molecule has 0 aromatic heterocycles. The minimum atomic E-state index is -0.871. The lowest BCUT2D eigenvalue weighted by molar-refractivity contribution is -0.211. The first-order valence-corrected chi connectivity index (χ1v) is 34.3. The summed E-state index contributed by atoms with van der Waals surface area (Å²) in [5, 5.41) is 0. The van der Waals surface area contributed by atoms with Gasteiger partial charge >= 0.3 is 23.9 Å². The SMILES string of the molecule is COC(=O)[C@@]1(C)CC[C@]2(C)CC[C@]3(C)C(=CC(=O)[C@@H]4[C@@]5(C)CC[C@H](OC(=O)[C@@H](N)CSSC[C@H](N)C(=O)O[C@H]6CC[C@]7(C)[C@H]8C(=O)C=C9[C@@H]%10C[C@@](C)(C(=O)OC)CC[C@]%10(C)CC[C@@]9(C)[C@]8(C)CC[C@H]7C6(C)C)C(C)(C)[C@@H]5CC[C@]43C)[C@@H]2C1. The van der Waals surface area contributed by atoms with Crippen LogP contribution in [0.4, 0.5) is 0 Å². The molecule has 0 radical (unpaired) electrons. The molecule has 4 N–H and O–H groups in total. The summed E-state index contributed by atoms with van der Waals surface area (Å²) in [7, 11) is 5.80. The molecule has 0 aromatic rings. The van der Waals surface area contributed by atoms with Crippen LogP contribution in [0.3, 0.4) is 0 Å². The summed E-state index contributed by atoms with van der Waals surface area (Å²) in [5.74, 6) is 0.144. The normalized spacial score (nSPS) is 47.7. The summed E-state index contributed by atoms with van der Waals surface area (Å²) in [6.45, 7) is 32.1. The third-order valence-corrected chi connectivity index (χ3v) is 30.6. The predicted molar refractivity (Wildman–Crippen MR) is 324 cm³/mol. The first-order chi connectivity index (χ1) is 38.0. The molecule has 0 bridgehead atoms. The molecule has 0 unspecified atom stereocenters. The second-order valence-electron chi connectivity index (χ2n) is 32.8. The molecule has 8 fully saturated rings. The van der Waals surface area contributed by atoms with Crippen molar-refractivity contribution >= 4 is 57.0 Å². The Kier molecular flexibility index (Phi) is 15.6. The molecule has 0 aliphatic heterocycles. The molecular weight excluding hydrogens is 1070 g/mol. The number of carbonyl (C=O) groups is 6. The van der Waals surface area contributed by atoms with Gasteiger partial charge in [-0.05, 0) is 209 Å². The minimum Gasteiger partial charge on any atom is -0.469 e. The predicted octanol–water partition coefficient (Wildman–Crippen LogP) is 13.2. The molecule has 82 heavy (non-hydrogen) atoms. The molecule has 20 atom stereocenters. The zero-order chi connectivity index (χ0) is 60.2. The number of hydrogen-bond donors (Lipinski definition) is 2. The molecule has 0 heterocycles. The third kappa shape index (κ3) is 8.95. The van der Waals surface area contributed by atoms with Crippen molar-refractivity contribution in [1.29, 1.82) is 0 Å². The van der Waals surface area contributed by atoms with Crippen LogP contribution in [0, 0.1) is 100 Å². The van der Waals surface area contributed by atoms with E-state index in [4.69, 9.17) is 30.4 Å². The van der Waals surface area contributed by atoms with Gasteiger partial charge in [0.05, 0.1) is 25.0 Å². The van der Waals surface area contributed by atoms with Gasteiger partial charge in [0, 0.05) is 34.2 Å². The van der Waals surface area contributed by atoms with Crippen LogP contribution in [0.1, 0.15) is 213 Å². The van der Waals surface area contributed by atoms with Crippen LogP contribution in [0.5, 0.6) is 0 Å². The van der Waals surface area contributed by atoms with Crippen molar-refractivity contribution in [3.63, 3.8) is 0 Å². The van der Waals surface area contributed by atoms with Crippen LogP contribution in [0.25, 0.3) is 0 Å². The first-order valence-electron chi connectivity index (χ1n) is 31.8. The molecule has 10 aliphatic carbocycles. The highest BCUT2D eigenvalue weighted by Crippen LogP contribution is 2.78. The molecular formula is C68H104N2O10S2. The van der Waals surface area contributed by atoms with Crippen molar-refractivity contribution in [3.05, 3.63) is 23.3 Å². The number of allylic oxidation sites excluding steroid dienone is 4. The number of hydrogen-bond acceptors (Lipinski definition) is 14. The quantitative estimate of drug-likeness (QED) is 0.0859. The number of ether oxygens (including phenoxy) is 4. The second kappa shape index (κ2) is 20.4. The van der Waals surface area contributed by atoms with E-state index in [0.717, 1.165) is 89.9 Å². The fraction of sp³-hybridized carbons (Fsp3) is 0.853. The molecule has 0 amide bonds. The second-order valence-corrected chi connectivity index (χ2v) is 35.4. The Morgan fingerprint density at radius 3 is 1.18 bits per heavy atom. The number of fused-ring (bicyclic) bond motifs is 14. The summed E-state index contributed by atoms with van der Waals surface area (Å²) in [4.78, 5) is 84.1. The van der Waals surface area contributed by atoms with Crippen LogP contribution in [-0.2, 0) is 47.7 Å². The van der Waals surface area contributed by atoms with E-state index in [2.05, 4.69) is 96.9 Å². The minimum absolute atomic E-state index is 0.0427. The van der Waals surface area contributed by atoms with E-state index in [1.54, 1.807) is 0 Å². The van der Waals surface area contributed by atoms with Gasteiger partial charge in [-0.25, -0.2) is 0 Å². The standard InChI is InChI=1S/C68H104N2O10S2/c1-57(2)47-17-23-67(13)51(45(71)33-39-41-35-61(7,55(75)77-15)27-25-59(41,5)29-31-65(39,67)11)63(47,9)21-19-49(57)79-53(73)43(69)37-81-82-38-44(70)54(74)80-50-20-22-64(10)48(58(50,3)4)18-24-68(14)52(64)46(72)34-40-42-36-62(8,56(76)78-16)28-26-60(42,6)30-32-66(40,68)12/h33-34,41-44,47-52H,17-32,35-38,69-70H2,1-16H3/t41-,42-,43-,44-,47-,48-,49-,50-,51+,52+,59+,60+,61-,62-,63-,64-,65+,66+,67+,68+/m0/s1. The van der Waals surface area contributed by atoms with E-state index in [1.165, 1.54) is 47.0 Å². The van der Waals surface area contributed by atoms with Gasteiger partial charge in [0.25, 0.3) is 0 Å². The highest BCUT2D eigenvalue weighted by atomic mass is 33.1. The lowest BCUT2D eigenvalue weighted by atomic mass is 9.33. The first kappa shape index (κ1) is 62.4. The van der Waals surface area contributed by atoms with Crippen molar-refractivity contribution in [2.24, 2.45) is 112 Å². The molecule has 0 aromatic carbocycles. The van der Waals surface area contributed by atoms with Crippen molar-refractivity contribution in [3.8, 4) is 0 Å². The van der Waals surface area contributed by atoms with Crippen LogP contribution >= 0.6 is 21.6 Å². The monoisotopic (exact) mass is 1170 g/mol. The largest absolute Gasteiger partial charge is 0.469 e. The molecule has 8 saturated carbocycles. The lowest BCUT2D eigenvalue weighted by Gasteiger charge is -2.70. The molecule has 14 heteroatoms. The average Bonchev–Trinajstić information content (AvgIpc) is 0.729. The Morgan fingerprint density at radius 1 is 0.500 bits per heavy atom. The zero-order valence-electron chi connectivity index (χ0n) is 53.1. The number of methoxy groups -OCH3 is 2. The number of esters is 4. The fourth-order valence-corrected chi connectivity index (χ4v) is 24.6. The summed E-state index contributed by atoms with van der Waals surface area (Å²) in [6, 6.07) is -1.74. The van der Waals surface area contributed by atoms with Gasteiger partial charge in [-0.1, -0.05) is 116 Å². The van der Waals surface area contributed by atoms with E-state index in [9.17, 15) is 28.8 Å². The van der Waals surface area contributed by atoms with Gasteiger partial charge < -0.3 is 30.4 Å². The third-order valence-electron chi connectivity index (χ3n) is 28.1. The van der Waals surface area contributed by atoms with Gasteiger partial charge in [0.15, 0.2) is 11.6 Å². The van der Waals surface area contributed by atoms with Crippen molar-refractivity contribution in [2.45, 2.75) is 237 Å². The summed E-state index contributed by atoms with van der Waals surface area (Å²) < 4.78 is 23.5. The van der Waals surface area contributed by atoms with Crippen molar-refractivity contribution < 1.29 is 47.7 Å². The van der Waals surface area contributed by atoms with Crippen LogP contribution in [0.15, 0.2) is 23.3 Å². The van der Waals surface area contributed by atoms with E-state index in [-0.39, 0.29) is 126 Å². The fourth-order valence-electron chi connectivity index (χ4n) is 22.4. The van der Waals surface area contributed by atoms with Crippen molar-refractivity contribution in [1.82, 2.24) is 0 Å². The van der Waals surface area contributed by atoms with E-state index in [1.807, 2.05) is 12.2 Å². The van der Waals surface area contributed by atoms with Gasteiger partial charge in [0.2, 0.25) is 0 Å². The number of rotatable bonds is 11. The number of carbonyl (C=O) groups excluding carboxylic acids is 6. The smallest absolute Gasteiger partial charge is 0.324 e. The molecule has 458 valence electrons. The Morgan fingerprint density at radius 2 is 0.841 bits per heavy atom. The Bertz CT molecular complexity index is 2540. The van der Waals surface area contributed by atoms with Gasteiger partial charge in [0.1, 0.15) is 24.3 Å². The van der Waals surface area contributed by atoms with E-state index in [0.29, 0.717) is 25.7 Å². The average molecular weight is 1170 g/mol. The Hall–Kier alpha value is -2.68. The van der Waals surface area contributed by atoms with Gasteiger partial charge in [-0.3, -0.25) is 28.8 Å². The summed E-state index contributed by atoms with van der Waals surface area (Å²) in [6.07, 6.45) is 19.1. The van der Waals surface area contributed by atoms with Gasteiger partial charge in [-0.15, -0.1) is 0 Å².